The predicted molar refractivity (Wildman–Crippen MR) is 145 cm³/mol. The molecule has 0 aromatic heterocycles. The largest absolute Gasteiger partial charge is 0.328 e. The van der Waals surface area contributed by atoms with E-state index in [0.717, 1.165) is 42.6 Å². The average Bonchev–Trinajstić information content (AvgIpc) is 3.22. The Morgan fingerprint density at radius 3 is 2.61 bits per heavy atom. The van der Waals surface area contributed by atoms with Gasteiger partial charge >= 0.3 is 0 Å². The first-order valence-corrected chi connectivity index (χ1v) is 12.8. The standard InChI is InChI=1S/C30H31FN4O3/c31-24-7-3-6-22(19-24)28(36)33-25-12-10-21(11-13-25)29(37)35-17-15-30(20-23-5-1-2-8-26(23)35)14-4-9-27(30)34-38-18-16-32/h1-3,5-13,19,34H,4,14-18,20,32H2,(H,33,36). The molecule has 2 aliphatic rings. The van der Waals surface area contributed by atoms with Gasteiger partial charge in [0.2, 0.25) is 0 Å². The number of nitrogens with one attached hydrogen (secondary N) is 2. The smallest absolute Gasteiger partial charge is 0.258 e. The van der Waals surface area contributed by atoms with Gasteiger partial charge < -0.3 is 16.0 Å². The first kappa shape index (κ1) is 25.6. The first-order chi connectivity index (χ1) is 18.5. The Kier molecular flexibility index (Phi) is 7.53. The van der Waals surface area contributed by atoms with Crippen LogP contribution in [-0.4, -0.2) is 31.5 Å². The van der Waals surface area contributed by atoms with Gasteiger partial charge in [0.1, 0.15) is 5.82 Å². The van der Waals surface area contributed by atoms with Crippen LogP contribution in [0.4, 0.5) is 15.8 Å². The van der Waals surface area contributed by atoms with E-state index in [0.29, 0.717) is 30.9 Å². The highest BCUT2D eigenvalue weighted by molar-refractivity contribution is 6.07. The van der Waals surface area contributed by atoms with E-state index in [1.807, 2.05) is 23.1 Å². The van der Waals surface area contributed by atoms with Gasteiger partial charge in [-0.15, -0.1) is 0 Å². The van der Waals surface area contributed by atoms with Crippen LogP contribution in [-0.2, 0) is 11.3 Å². The summed E-state index contributed by atoms with van der Waals surface area (Å²) in [4.78, 5) is 33.6. The second kappa shape index (κ2) is 11.2. The summed E-state index contributed by atoms with van der Waals surface area (Å²) in [6.07, 6.45) is 5.72. The lowest BCUT2D eigenvalue weighted by Gasteiger charge is -2.32. The molecular formula is C30H31FN4O3. The summed E-state index contributed by atoms with van der Waals surface area (Å²) >= 11 is 0. The Balaban J connectivity index is 1.34. The van der Waals surface area contributed by atoms with E-state index in [9.17, 15) is 14.0 Å². The van der Waals surface area contributed by atoms with Crippen molar-refractivity contribution in [3.8, 4) is 0 Å². The fourth-order valence-electron chi connectivity index (χ4n) is 5.34. The van der Waals surface area contributed by atoms with Crippen molar-refractivity contribution in [3.05, 3.63) is 107 Å². The van der Waals surface area contributed by atoms with E-state index in [2.05, 4.69) is 22.9 Å². The molecular weight excluding hydrogens is 483 g/mol. The minimum Gasteiger partial charge on any atom is -0.328 e. The van der Waals surface area contributed by atoms with Gasteiger partial charge in [0.05, 0.1) is 6.61 Å². The van der Waals surface area contributed by atoms with Crippen molar-refractivity contribution >= 4 is 23.2 Å². The zero-order chi connectivity index (χ0) is 26.5. The maximum Gasteiger partial charge on any atom is 0.258 e. The molecule has 3 aromatic rings. The van der Waals surface area contributed by atoms with Crippen LogP contribution in [0.5, 0.6) is 0 Å². The Labute approximate surface area is 221 Å². The van der Waals surface area contributed by atoms with Crippen LogP contribution >= 0.6 is 0 Å². The maximum absolute atomic E-state index is 13.7. The molecule has 3 aromatic carbocycles. The Bertz CT molecular complexity index is 1360. The number of fused-ring (bicyclic) bond motifs is 1. The number of benzene rings is 3. The lowest BCUT2D eigenvalue weighted by Crippen LogP contribution is -2.36. The van der Waals surface area contributed by atoms with Crippen LogP contribution in [0.15, 0.2) is 84.6 Å². The van der Waals surface area contributed by atoms with Gasteiger partial charge in [-0.3, -0.25) is 19.9 Å². The lowest BCUT2D eigenvalue weighted by molar-refractivity contribution is 0.0507. The zero-order valence-electron chi connectivity index (χ0n) is 21.1. The van der Waals surface area contributed by atoms with Gasteiger partial charge in [-0.25, -0.2) is 4.39 Å². The number of hydrogen-bond acceptors (Lipinski definition) is 5. The van der Waals surface area contributed by atoms with Crippen molar-refractivity contribution in [1.82, 2.24) is 5.48 Å². The minimum atomic E-state index is -0.475. The molecule has 1 unspecified atom stereocenters. The third-order valence-electron chi connectivity index (χ3n) is 7.29. The Morgan fingerprint density at radius 1 is 1.00 bits per heavy atom. The number of carbonyl (C=O) groups is 2. The lowest BCUT2D eigenvalue weighted by atomic mass is 9.77. The van der Waals surface area contributed by atoms with Gasteiger partial charge in [-0.1, -0.05) is 30.3 Å². The van der Waals surface area contributed by atoms with Gasteiger partial charge in [0, 0.05) is 46.7 Å². The third kappa shape index (κ3) is 5.32. The highest BCUT2D eigenvalue weighted by atomic mass is 19.1. The van der Waals surface area contributed by atoms with E-state index in [1.54, 1.807) is 30.3 Å². The number of rotatable bonds is 7. The highest BCUT2D eigenvalue weighted by Crippen LogP contribution is 2.47. The molecule has 7 nitrogen and oxygen atoms in total. The molecule has 1 atom stereocenters. The second-order valence-electron chi connectivity index (χ2n) is 9.73. The van der Waals surface area contributed by atoms with Crippen molar-refractivity contribution in [2.45, 2.75) is 25.7 Å². The number of halogens is 1. The monoisotopic (exact) mass is 514 g/mol. The molecule has 1 spiro atoms. The van der Waals surface area contributed by atoms with Crippen molar-refractivity contribution in [2.75, 3.05) is 29.9 Å². The van der Waals surface area contributed by atoms with Crippen molar-refractivity contribution < 1.29 is 18.8 Å². The van der Waals surface area contributed by atoms with Gasteiger partial charge in [0.15, 0.2) is 0 Å². The number of carbonyl (C=O) groups excluding carboxylic acids is 2. The van der Waals surface area contributed by atoms with Crippen LogP contribution in [0.25, 0.3) is 0 Å². The highest BCUT2D eigenvalue weighted by Gasteiger charge is 2.41. The molecule has 0 saturated heterocycles. The summed E-state index contributed by atoms with van der Waals surface area (Å²) in [5.41, 5.74) is 12.9. The molecule has 0 fully saturated rings. The fraction of sp³-hybridized carbons (Fsp3) is 0.267. The van der Waals surface area contributed by atoms with E-state index < -0.39 is 11.7 Å². The molecule has 1 heterocycles. The summed E-state index contributed by atoms with van der Waals surface area (Å²) in [7, 11) is 0. The topological polar surface area (TPSA) is 96.7 Å². The van der Waals surface area contributed by atoms with Crippen LogP contribution in [0.1, 0.15) is 45.5 Å². The number of nitrogens with two attached hydrogens (primary N) is 1. The molecule has 2 amide bonds. The number of hydroxylamine groups is 1. The van der Waals surface area contributed by atoms with Crippen LogP contribution in [0, 0.1) is 11.2 Å². The predicted octanol–water partition coefficient (Wildman–Crippen LogP) is 4.82. The fourth-order valence-corrected chi connectivity index (χ4v) is 5.34. The SMILES string of the molecule is NCCONC1=CCCC12CCN(C(=O)c1ccc(NC(=O)c3cccc(F)c3)cc1)c1ccccc1C2. The van der Waals surface area contributed by atoms with Crippen molar-refractivity contribution in [1.29, 1.82) is 0 Å². The van der Waals surface area contributed by atoms with Gasteiger partial charge in [-0.2, -0.15) is 0 Å². The van der Waals surface area contributed by atoms with E-state index >= 15 is 0 Å². The Morgan fingerprint density at radius 2 is 1.82 bits per heavy atom. The molecule has 0 radical (unpaired) electrons. The zero-order valence-corrected chi connectivity index (χ0v) is 21.1. The molecule has 0 saturated carbocycles. The number of nitrogens with zero attached hydrogens (tertiary/aromatic N) is 1. The molecule has 38 heavy (non-hydrogen) atoms. The first-order valence-electron chi connectivity index (χ1n) is 12.8. The summed E-state index contributed by atoms with van der Waals surface area (Å²) in [5, 5.41) is 2.75. The molecule has 4 N–H and O–H groups in total. The van der Waals surface area contributed by atoms with E-state index in [1.165, 1.54) is 18.2 Å². The van der Waals surface area contributed by atoms with Crippen LogP contribution in [0.3, 0.4) is 0 Å². The molecule has 196 valence electrons. The normalized spacial score (nSPS) is 18.5. The van der Waals surface area contributed by atoms with Crippen molar-refractivity contribution in [3.63, 3.8) is 0 Å². The summed E-state index contributed by atoms with van der Waals surface area (Å²) in [6, 6.07) is 20.3. The Hall–Kier alpha value is -4.01. The quantitative estimate of drug-likeness (QED) is 0.311. The minimum absolute atomic E-state index is 0.103. The number of para-hydroxylation sites is 1. The molecule has 1 aliphatic carbocycles. The molecule has 1 aliphatic heterocycles. The molecule has 0 bridgehead atoms. The molecule has 8 heteroatoms. The van der Waals surface area contributed by atoms with E-state index in [-0.39, 0.29) is 16.9 Å². The second-order valence-corrected chi connectivity index (χ2v) is 9.73. The van der Waals surface area contributed by atoms with Crippen molar-refractivity contribution in [2.24, 2.45) is 11.1 Å². The summed E-state index contributed by atoms with van der Waals surface area (Å²) in [5.74, 6) is -0.995. The number of amides is 2. The summed E-state index contributed by atoms with van der Waals surface area (Å²) in [6.45, 7) is 1.42. The number of allylic oxidation sites excluding steroid dienone is 2. The average molecular weight is 515 g/mol. The van der Waals surface area contributed by atoms with E-state index in [4.69, 9.17) is 10.6 Å². The number of hydrogen-bond donors (Lipinski definition) is 3. The number of anilines is 2. The maximum atomic E-state index is 13.7. The third-order valence-corrected chi connectivity index (χ3v) is 7.29. The molecule has 5 rings (SSSR count). The van der Waals surface area contributed by atoms with Gasteiger partial charge in [0.25, 0.3) is 11.8 Å². The van der Waals surface area contributed by atoms with Gasteiger partial charge in [-0.05, 0) is 79.8 Å². The van der Waals surface area contributed by atoms with Crippen LogP contribution < -0.4 is 21.4 Å². The summed E-state index contributed by atoms with van der Waals surface area (Å²) < 4.78 is 13.5. The van der Waals surface area contributed by atoms with Crippen LogP contribution in [0.2, 0.25) is 0 Å².